The molecule has 0 saturated carbocycles. The van der Waals surface area contributed by atoms with Crippen molar-refractivity contribution in [2.75, 3.05) is 20.8 Å². The lowest BCUT2D eigenvalue weighted by atomic mass is 9.79. The normalized spacial score (nSPS) is 19.2. The fourth-order valence-electron chi connectivity index (χ4n) is 3.62. The zero-order valence-electron chi connectivity index (χ0n) is 16.0. The second kappa shape index (κ2) is 8.46. The van der Waals surface area contributed by atoms with Crippen LogP contribution in [0.25, 0.3) is 0 Å². The van der Waals surface area contributed by atoms with E-state index >= 15 is 0 Å². The number of amides is 1. The number of rotatable bonds is 6. The number of halogens is 2. The first kappa shape index (κ1) is 20.6. The number of piperidine rings is 1. The summed E-state index contributed by atoms with van der Waals surface area (Å²) in [5, 5.41) is 9.67. The monoisotopic (exact) mass is 405 g/mol. The van der Waals surface area contributed by atoms with Crippen molar-refractivity contribution in [3.8, 4) is 11.5 Å². The van der Waals surface area contributed by atoms with Crippen LogP contribution in [0.4, 0.5) is 8.78 Å². The number of carboxylic acids is 1. The van der Waals surface area contributed by atoms with Crippen LogP contribution in [0.2, 0.25) is 0 Å². The number of methoxy groups -OCH3 is 2. The van der Waals surface area contributed by atoms with Crippen LogP contribution in [0.1, 0.15) is 23.5 Å². The molecule has 2 aromatic rings. The molecular weight excluding hydrogens is 384 g/mol. The van der Waals surface area contributed by atoms with E-state index in [2.05, 4.69) is 0 Å². The lowest BCUT2D eigenvalue weighted by Crippen LogP contribution is -2.46. The van der Waals surface area contributed by atoms with Crippen LogP contribution >= 0.6 is 0 Å². The van der Waals surface area contributed by atoms with E-state index in [0.717, 1.165) is 17.7 Å². The molecule has 0 spiro atoms. The Labute approximate surface area is 166 Å². The average Bonchev–Trinajstić information content (AvgIpc) is 2.69. The van der Waals surface area contributed by atoms with Gasteiger partial charge < -0.3 is 19.5 Å². The lowest BCUT2D eigenvalue weighted by molar-refractivity contribution is -0.149. The van der Waals surface area contributed by atoms with Crippen LogP contribution in [0.3, 0.4) is 0 Å². The Bertz CT molecular complexity index is 893. The quantitative estimate of drug-likeness (QED) is 0.799. The summed E-state index contributed by atoms with van der Waals surface area (Å²) in [5.74, 6) is -5.01. The van der Waals surface area contributed by atoms with Gasteiger partial charge in [0.2, 0.25) is 5.91 Å². The number of carbonyl (C=O) groups excluding carboxylic acids is 1. The highest BCUT2D eigenvalue weighted by Crippen LogP contribution is 2.38. The second-order valence-electron chi connectivity index (χ2n) is 6.88. The van der Waals surface area contributed by atoms with Gasteiger partial charge in [-0.1, -0.05) is 12.1 Å². The third kappa shape index (κ3) is 4.31. The van der Waals surface area contributed by atoms with Gasteiger partial charge in [0.05, 0.1) is 20.1 Å². The zero-order valence-corrected chi connectivity index (χ0v) is 16.0. The first-order valence-electron chi connectivity index (χ1n) is 9.00. The largest absolute Gasteiger partial charge is 0.497 e. The minimum absolute atomic E-state index is 0.0149. The minimum Gasteiger partial charge on any atom is -0.497 e. The van der Waals surface area contributed by atoms with Gasteiger partial charge in [-0.15, -0.1) is 0 Å². The molecule has 0 radical (unpaired) electrons. The molecule has 0 unspecified atom stereocenters. The fraction of sp³-hybridized carbons (Fsp3) is 0.333. The summed E-state index contributed by atoms with van der Waals surface area (Å²) < 4.78 is 38.9. The third-order valence-electron chi connectivity index (χ3n) is 5.16. The number of ether oxygens (including phenoxy) is 2. The van der Waals surface area contributed by atoms with Crippen molar-refractivity contribution in [1.82, 2.24) is 4.90 Å². The lowest BCUT2D eigenvalue weighted by Gasteiger charge is -2.36. The minimum atomic E-state index is -1.21. The number of hydrogen-bond donors (Lipinski definition) is 1. The molecule has 1 amide bonds. The van der Waals surface area contributed by atoms with Crippen molar-refractivity contribution < 1.29 is 33.0 Å². The Hall–Kier alpha value is -3.16. The van der Waals surface area contributed by atoms with E-state index in [1.165, 1.54) is 19.1 Å². The van der Waals surface area contributed by atoms with Crippen molar-refractivity contribution >= 4 is 11.9 Å². The Balaban J connectivity index is 1.86. The molecule has 1 N–H and O–H groups in total. The number of carbonyl (C=O) groups is 2. The Kier molecular flexibility index (Phi) is 6.00. The molecule has 1 fully saturated rings. The van der Waals surface area contributed by atoms with E-state index < -0.39 is 35.0 Å². The van der Waals surface area contributed by atoms with Crippen LogP contribution in [-0.4, -0.2) is 42.6 Å². The number of carboxylic acid groups (broad SMARTS) is 1. The van der Waals surface area contributed by atoms with Gasteiger partial charge in [0.15, 0.2) is 0 Å². The predicted octanol–water partition coefficient (Wildman–Crippen LogP) is 3.20. The van der Waals surface area contributed by atoms with E-state index in [9.17, 15) is 23.5 Å². The molecule has 1 aliphatic rings. The maximum Gasteiger partial charge on any atom is 0.308 e. The summed E-state index contributed by atoms with van der Waals surface area (Å²) in [7, 11) is 2.81. The SMILES string of the molecule is COc1ccc(CN2C[C@@H](C(=O)O)[C@H](c3c(F)cc(OC)cc3F)CC2=O)cc1. The maximum absolute atomic E-state index is 14.5. The molecule has 2 aromatic carbocycles. The molecule has 1 aliphatic heterocycles. The highest BCUT2D eigenvalue weighted by Gasteiger charge is 2.41. The topological polar surface area (TPSA) is 76.1 Å². The van der Waals surface area contributed by atoms with Crippen molar-refractivity contribution in [3.05, 3.63) is 59.2 Å². The van der Waals surface area contributed by atoms with Crippen LogP contribution in [0.15, 0.2) is 36.4 Å². The number of nitrogens with zero attached hydrogens (tertiary/aromatic N) is 1. The van der Waals surface area contributed by atoms with Crippen molar-refractivity contribution in [3.63, 3.8) is 0 Å². The van der Waals surface area contributed by atoms with Gasteiger partial charge in [0, 0.05) is 43.1 Å². The van der Waals surface area contributed by atoms with Gasteiger partial charge in [-0.3, -0.25) is 9.59 Å². The van der Waals surface area contributed by atoms with Gasteiger partial charge in [-0.05, 0) is 17.7 Å². The molecule has 2 atom stereocenters. The molecule has 29 heavy (non-hydrogen) atoms. The predicted molar refractivity (Wildman–Crippen MR) is 99.8 cm³/mol. The van der Waals surface area contributed by atoms with Crippen LogP contribution < -0.4 is 9.47 Å². The van der Waals surface area contributed by atoms with E-state index in [1.807, 2.05) is 0 Å². The van der Waals surface area contributed by atoms with E-state index in [-0.39, 0.29) is 31.2 Å². The Morgan fingerprint density at radius 2 is 1.69 bits per heavy atom. The molecule has 8 heteroatoms. The van der Waals surface area contributed by atoms with E-state index in [1.54, 1.807) is 24.3 Å². The standard InChI is InChI=1S/C21H21F2NO5/c1-28-13-5-3-12(4-6-13)10-24-11-16(21(26)27)15(9-19(24)25)20-17(22)7-14(29-2)8-18(20)23/h3-8,15-16H,9-11H2,1-2H3,(H,26,27)/t15-,16-/m1/s1. The van der Waals surface area contributed by atoms with Crippen LogP contribution in [-0.2, 0) is 16.1 Å². The summed E-state index contributed by atoms with van der Waals surface area (Å²) >= 11 is 0. The van der Waals surface area contributed by atoms with Gasteiger partial charge >= 0.3 is 5.97 Å². The van der Waals surface area contributed by atoms with Gasteiger partial charge in [-0.2, -0.15) is 0 Å². The first-order valence-corrected chi connectivity index (χ1v) is 9.00. The molecule has 0 aliphatic carbocycles. The Morgan fingerprint density at radius 1 is 1.10 bits per heavy atom. The van der Waals surface area contributed by atoms with Crippen LogP contribution in [0, 0.1) is 17.6 Å². The number of likely N-dealkylation sites (tertiary alicyclic amines) is 1. The molecule has 1 saturated heterocycles. The average molecular weight is 405 g/mol. The molecule has 6 nitrogen and oxygen atoms in total. The van der Waals surface area contributed by atoms with E-state index in [0.29, 0.717) is 5.75 Å². The Morgan fingerprint density at radius 3 is 2.21 bits per heavy atom. The fourth-order valence-corrected chi connectivity index (χ4v) is 3.62. The van der Waals surface area contributed by atoms with Crippen molar-refractivity contribution in [2.45, 2.75) is 18.9 Å². The number of benzene rings is 2. The third-order valence-corrected chi connectivity index (χ3v) is 5.16. The zero-order chi connectivity index (χ0) is 21.1. The maximum atomic E-state index is 14.5. The highest BCUT2D eigenvalue weighted by molar-refractivity contribution is 5.82. The van der Waals surface area contributed by atoms with Crippen molar-refractivity contribution in [2.24, 2.45) is 5.92 Å². The number of hydrogen-bond acceptors (Lipinski definition) is 4. The molecular formula is C21H21F2NO5. The molecule has 0 aromatic heterocycles. The molecule has 3 rings (SSSR count). The molecule has 1 heterocycles. The highest BCUT2D eigenvalue weighted by atomic mass is 19.1. The summed E-state index contributed by atoms with van der Waals surface area (Å²) in [6.07, 6.45) is -0.298. The summed E-state index contributed by atoms with van der Waals surface area (Å²) in [6, 6.07) is 9.01. The summed E-state index contributed by atoms with van der Waals surface area (Å²) in [6.45, 7) is 0.0582. The van der Waals surface area contributed by atoms with Crippen molar-refractivity contribution in [1.29, 1.82) is 0 Å². The molecule has 154 valence electrons. The van der Waals surface area contributed by atoms with Gasteiger partial charge in [0.1, 0.15) is 23.1 Å². The van der Waals surface area contributed by atoms with E-state index in [4.69, 9.17) is 9.47 Å². The summed E-state index contributed by atoms with van der Waals surface area (Å²) in [4.78, 5) is 25.9. The van der Waals surface area contributed by atoms with Gasteiger partial charge in [0.25, 0.3) is 0 Å². The second-order valence-corrected chi connectivity index (χ2v) is 6.88. The van der Waals surface area contributed by atoms with Crippen LogP contribution in [0.5, 0.6) is 11.5 Å². The number of aliphatic carboxylic acids is 1. The van der Waals surface area contributed by atoms with Gasteiger partial charge in [-0.25, -0.2) is 8.78 Å². The smallest absolute Gasteiger partial charge is 0.308 e. The molecule has 0 bridgehead atoms. The first-order chi connectivity index (χ1) is 13.8. The summed E-state index contributed by atoms with van der Waals surface area (Å²) in [5.41, 5.74) is 0.402.